The van der Waals surface area contributed by atoms with Gasteiger partial charge < -0.3 is 10.2 Å². The van der Waals surface area contributed by atoms with E-state index in [0.29, 0.717) is 15.7 Å². The highest BCUT2D eigenvalue weighted by atomic mass is 35.5. The standard InChI is InChI=1S/C23H21Cl2N3O/c1-14-12-23(2,3)28(4)21-8-5-15(10-18(14)21)9-16(13-26)22(29)27-20-7-6-17(24)11-19(20)25/h5-12H,1-4H3,(H,27,29)/b16-9+. The van der Waals surface area contributed by atoms with Gasteiger partial charge in [0.05, 0.1) is 16.2 Å². The average molecular weight is 426 g/mol. The summed E-state index contributed by atoms with van der Waals surface area (Å²) < 4.78 is 0. The third-order valence-electron chi connectivity index (χ3n) is 5.10. The largest absolute Gasteiger partial charge is 0.366 e. The molecule has 0 radical (unpaired) electrons. The lowest BCUT2D eigenvalue weighted by Gasteiger charge is -2.40. The molecule has 0 aromatic heterocycles. The number of hydrogen-bond donors (Lipinski definition) is 1. The zero-order valence-corrected chi connectivity index (χ0v) is 18.2. The topological polar surface area (TPSA) is 56.1 Å². The van der Waals surface area contributed by atoms with Gasteiger partial charge in [0.1, 0.15) is 11.6 Å². The van der Waals surface area contributed by atoms with E-state index in [1.807, 2.05) is 24.3 Å². The first-order valence-corrected chi connectivity index (χ1v) is 9.84. The highest BCUT2D eigenvalue weighted by Crippen LogP contribution is 2.38. The van der Waals surface area contributed by atoms with Crippen molar-refractivity contribution in [3.63, 3.8) is 0 Å². The van der Waals surface area contributed by atoms with Gasteiger partial charge in [-0.2, -0.15) is 5.26 Å². The first-order chi connectivity index (χ1) is 13.6. The molecule has 2 aromatic carbocycles. The molecular formula is C23H21Cl2N3O. The number of nitriles is 1. The number of carbonyl (C=O) groups excluding carboxylic acids is 1. The van der Waals surface area contributed by atoms with E-state index >= 15 is 0 Å². The van der Waals surface area contributed by atoms with Crippen molar-refractivity contribution in [1.82, 2.24) is 0 Å². The molecule has 0 aliphatic carbocycles. The highest BCUT2D eigenvalue weighted by Gasteiger charge is 2.28. The maximum Gasteiger partial charge on any atom is 0.266 e. The van der Waals surface area contributed by atoms with Gasteiger partial charge in [0, 0.05) is 23.3 Å². The molecule has 0 unspecified atom stereocenters. The van der Waals surface area contributed by atoms with Crippen LogP contribution in [0, 0.1) is 11.3 Å². The zero-order valence-electron chi connectivity index (χ0n) is 16.7. The Morgan fingerprint density at radius 2 is 1.93 bits per heavy atom. The third-order valence-corrected chi connectivity index (χ3v) is 5.64. The minimum atomic E-state index is -0.528. The van der Waals surface area contributed by atoms with Crippen molar-refractivity contribution in [2.24, 2.45) is 0 Å². The number of fused-ring (bicyclic) bond motifs is 1. The molecular weight excluding hydrogens is 405 g/mol. The summed E-state index contributed by atoms with van der Waals surface area (Å²) in [6.07, 6.45) is 3.79. The van der Waals surface area contributed by atoms with E-state index in [9.17, 15) is 10.1 Å². The lowest BCUT2D eigenvalue weighted by molar-refractivity contribution is -0.112. The summed E-state index contributed by atoms with van der Waals surface area (Å²) in [6, 6.07) is 12.6. The molecule has 1 heterocycles. The van der Waals surface area contributed by atoms with E-state index in [1.54, 1.807) is 18.2 Å². The van der Waals surface area contributed by atoms with Crippen molar-refractivity contribution in [2.45, 2.75) is 26.3 Å². The maximum atomic E-state index is 12.6. The van der Waals surface area contributed by atoms with Crippen LogP contribution in [0.15, 0.2) is 48.0 Å². The molecule has 0 spiro atoms. The Kier molecular flexibility index (Phi) is 5.75. The Balaban J connectivity index is 1.91. The van der Waals surface area contributed by atoms with Gasteiger partial charge in [0.15, 0.2) is 0 Å². The van der Waals surface area contributed by atoms with Gasteiger partial charge in [-0.05, 0) is 68.3 Å². The number of allylic oxidation sites excluding steroid dienone is 1. The average Bonchev–Trinajstić information content (AvgIpc) is 2.66. The summed E-state index contributed by atoms with van der Waals surface area (Å²) in [4.78, 5) is 14.8. The Morgan fingerprint density at radius 1 is 1.21 bits per heavy atom. The van der Waals surface area contributed by atoms with Crippen molar-refractivity contribution in [1.29, 1.82) is 5.26 Å². The van der Waals surface area contributed by atoms with E-state index in [-0.39, 0.29) is 11.1 Å². The quantitative estimate of drug-likeness (QED) is 0.472. The molecule has 0 atom stereocenters. The lowest BCUT2D eigenvalue weighted by atomic mass is 9.88. The molecule has 0 saturated carbocycles. The van der Waals surface area contributed by atoms with E-state index < -0.39 is 5.91 Å². The maximum absolute atomic E-state index is 12.6. The van der Waals surface area contributed by atoms with Crippen LogP contribution in [0.1, 0.15) is 31.9 Å². The molecule has 1 N–H and O–H groups in total. The van der Waals surface area contributed by atoms with Gasteiger partial charge in [-0.1, -0.05) is 35.3 Å². The normalized spacial score (nSPS) is 15.3. The summed E-state index contributed by atoms with van der Waals surface area (Å²) in [6.45, 7) is 6.39. The molecule has 1 amide bonds. The van der Waals surface area contributed by atoms with Crippen LogP contribution in [0.3, 0.4) is 0 Å². The number of halogens is 2. The number of anilines is 2. The van der Waals surface area contributed by atoms with Crippen LogP contribution in [0.25, 0.3) is 11.6 Å². The molecule has 3 rings (SSSR count). The second-order valence-corrected chi connectivity index (χ2v) is 8.41. The van der Waals surface area contributed by atoms with Crippen LogP contribution < -0.4 is 10.2 Å². The van der Waals surface area contributed by atoms with Gasteiger partial charge in [-0.3, -0.25) is 4.79 Å². The summed E-state index contributed by atoms with van der Waals surface area (Å²) in [7, 11) is 2.06. The van der Waals surface area contributed by atoms with Crippen LogP contribution in [0.5, 0.6) is 0 Å². The first-order valence-electron chi connectivity index (χ1n) is 9.08. The van der Waals surface area contributed by atoms with Crippen molar-refractivity contribution < 1.29 is 4.79 Å². The number of benzene rings is 2. The molecule has 148 valence electrons. The van der Waals surface area contributed by atoms with Crippen LogP contribution in [0.4, 0.5) is 11.4 Å². The first kappa shape index (κ1) is 21.0. The lowest BCUT2D eigenvalue weighted by Crippen LogP contribution is -2.42. The number of hydrogen-bond acceptors (Lipinski definition) is 3. The number of rotatable bonds is 3. The van der Waals surface area contributed by atoms with E-state index in [2.05, 4.69) is 44.1 Å². The molecule has 0 bridgehead atoms. The fourth-order valence-electron chi connectivity index (χ4n) is 3.36. The van der Waals surface area contributed by atoms with Crippen molar-refractivity contribution in [3.8, 4) is 6.07 Å². The number of nitrogens with one attached hydrogen (secondary N) is 1. The zero-order chi connectivity index (χ0) is 21.3. The molecule has 0 fully saturated rings. The summed E-state index contributed by atoms with van der Waals surface area (Å²) in [5.74, 6) is -0.528. The van der Waals surface area contributed by atoms with Crippen LogP contribution in [0.2, 0.25) is 10.0 Å². The minimum Gasteiger partial charge on any atom is -0.366 e. The predicted molar refractivity (Wildman–Crippen MR) is 121 cm³/mol. The SMILES string of the molecule is CC1=CC(C)(C)N(C)c2ccc(/C=C(\C#N)C(=O)Nc3ccc(Cl)cc3Cl)cc21. The number of carbonyl (C=O) groups is 1. The third kappa shape index (κ3) is 4.32. The Morgan fingerprint density at radius 3 is 2.59 bits per heavy atom. The summed E-state index contributed by atoms with van der Waals surface area (Å²) >= 11 is 12.0. The molecule has 4 nitrogen and oxygen atoms in total. The van der Waals surface area contributed by atoms with Crippen molar-refractivity contribution >= 4 is 52.1 Å². The van der Waals surface area contributed by atoms with Gasteiger partial charge in [0.2, 0.25) is 0 Å². The smallest absolute Gasteiger partial charge is 0.266 e. The second kappa shape index (κ2) is 7.94. The Labute approximate surface area is 181 Å². The second-order valence-electron chi connectivity index (χ2n) is 7.56. The van der Waals surface area contributed by atoms with Crippen LogP contribution in [-0.4, -0.2) is 18.5 Å². The molecule has 0 saturated heterocycles. The van der Waals surface area contributed by atoms with E-state index in [0.717, 1.165) is 22.4 Å². The van der Waals surface area contributed by atoms with Gasteiger partial charge in [0.25, 0.3) is 5.91 Å². The molecule has 1 aliphatic heterocycles. The van der Waals surface area contributed by atoms with Crippen molar-refractivity contribution in [3.05, 3.63) is 69.2 Å². The number of amides is 1. The fraction of sp³-hybridized carbons (Fsp3) is 0.217. The minimum absolute atomic E-state index is 0.0120. The summed E-state index contributed by atoms with van der Waals surface area (Å²) in [5.41, 5.74) is 4.44. The van der Waals surface area contributed by atoms with E-state index in [1.165, 1.54) is 6.07 Å². The number of likely N-dealkylation sites (N-methyl/N-ethyl adjacent to an activating group) is 1. The number of nitrogens with zero attached hydrogens (tertiary/aromatic N) is 2. The molecule has 1 aliphatic rings. The molecule has 2 aromatic rings. The van der Waals surface area contributed by atoms with Gasteiger partial charge in [-0.25, -0.2) is 0 Å². The Bertz CT molecular complexity index is 1090. The van der Waals surface area contributed by atoms with Crippen LogP contribution >= 0.6 is 23.2 Å². The Hall–Kier alpha value is -2.74. The monoisotopic (exact) mass is 425 g/mol. The molecule has 6 heteroatoms. The summed E-state index contributed by atoms with van der Waals surface area (Å²) in [5, 5.41) is 12.9. The van der Waals surface area contributed by atoms with Gasteiger partial charge in [-0.15, -0.1) is 0 Å². The van der Waals surface area contributed by atoms with E-state index in [4.69, 9.17) is 23.2 Å². The predicted octanol–water partition coefficient (Wildman–Crippen LogP) is 6.17. The van der Waals surface area contributed by atoms with Crippen molar-refractivity contribution in [2.75, 3.05) is 17.3 Å². The fourth-order valence-corrected chi connectivity index (χ4v) is 3.82. The molecule has 29 heavy (non-hydrogen) atoms. The highest BCUT2D eigenvalue weighted by molar-refractivity contribution is 6.36. The van der Waals surface area contributed by atoms with Gasteiger partial charge >= 0.3 is 0 Å². The van der Waals surface area contributed by atoms with Crippen LogP contribution in [-0.2, 0) is 4.79 Å².